The lowest BCUT2D eigenvalue weighted by Crippen LogP contribution is -2.14. The predicted molar refractivity (Wildman–Crippen MR) is 67.3 cm³/mol. The van der Waals surface area contributed by atoms with Crippen molar-refractivity contribution in [2.24, 2.45) is 0 Å². The molecule has 2 aromatic rings. The molecule has 2 rings (SSSR count). The number of thiazole rings is 1. The zero-order valence-corrected chi connectivity index (χ0v) is 10.6. The van der Waals surface area contributed by atoms with Gasteiger partial charge in [0.1, 0.15) is 5.82 Å². The average molecular weight is 265 g/mol. The molecule has 3 nitrogen and oxygen atoms in total. The number of halogens is 1. The highest BCUT2D eigenvalue weighted by molar-refractivity contribution is 7.11. The predicted octanol–water partition coefficient (Wildman–Crippen LogP) is 3.00. The van der Waals surface area contributed by atoms with E-state index in [2.05, 4.69) is 4.98 Å². The quantitative estimate of drug-likeness (QED) is 0.924. The summed E-state index contributed by atoms with van der Waals surface area (Å²) in [6.07, 6.45) is 2.01. The van der Waals surface area contributed by atoms with Gasteiger partial charge in [0.15, 0.2) is 0 Å². The Bertz CT molecular complexity index is 568. The van der Waals surface area contributed by atoms with E-state index in [0.29, 0.717) is 12.0 Å². The van der Waals surface area contributed by atoms with Crippen molar-refractivity contribution in [3.05, 3.63) is 51.7 Å². The number of aryl methyl sites for hydroxylation is 1. The van der Waals surface area contributed by atoms with E-state index in [1.165, 1.54) is 29.5 Å². The van der Waals surface area contributed by atoms with Crippen molar-refractivity contribution < 1.29 is 14.3 Å². The zero-order valence-electron chi connectivity index (χ0n) is 9.76. The standard InChI is InChI=1S/C13H12FNO2S/c1-8-15-7-11(18-8)6-12(13(16)17)9-3-2-4-10(14)5-9/h2-5,7,12H,6H2,1H3,(H,16,17). The number of rotatable bonds is 4. The molecule has 5 heteroatoms. The average Bonchev–Trinajstić information content (AvgIpc) is 2.71. The van der Waals surface area contributed by atoms with Gasteiger partial charge in [0.05, 0.1) is 10.9 Å². The number of aromatic nitrogens is 1. The van der Waals surface area contributed by atoms with Gasteiger partial charge < -0.3 is 5.11 Å². The molecule has 0 saturated carbocycles. The smallest absolute Gasteiger partial charge is 0.311 e. The van der Waals surface area contributed by atoms with Gasteiger partial charge in [-0.25, -0.2) is 9.37 Å². The van der Waals surface area contributed by atoms with Crippen LogP contribution in [0.3, 0.4) is 0 Å². The summed E-state index contributed by atoms with van der Waals surface area (Å²) in [6, 6.07) is 5.74. The first-order valence-electron chi connectivity index (χ1n) is 5.46. The fourth-order valence-electron chi connectivity index (χ4n) is 1.77. The molecular formula is C13H12FNO2S. The SMILES string of the molecule is Cc1ncc(CC(C(=O)O)c2cccc(F)c2)s1. The topological polar surface area (TPSA) is 50.2 Å². The number of hydrogen-bond acceptors (Lipinski definition) is 3. The normalized spacial score (nSPS) is 12.3. The van der Waals surface area contributed by atoms with Crippen LogP contribution in [0.5, 0.6) is 0 Å². The number of carboxylic acids is 1. The van der Waals surface area contributed by atoms with Crippen molar-refractivity contribution in [2.45, 2.75) is 19.3 Å². The molecule has 1 aromatic heterocycles. The highest BCUT2D eigenvalue weighted by Gasteiger charge is 2.21. The van der Waals surface area contributed by atoms with E-state index in [4.69, 9.17) is 0 Å². The lowest BCUT2D eigenvalue weighted by Gasteiger charge is -2.11. The largest absolute Gasteiger partial charge is 0.481 e. The lowest BCUT2D eigenvalue weighted by molar-refractivity contribution is -0.138. The minimum absolute atomic E-state index is 0.338. The molecule has 0 aliphatic heterocycles. The van der Waals surface area contributed by atoms with Crippen molar-refractivity contribution >= 4 is 17.3 Å². The van der Waals surface area contributed by atoms with Gasteiger partial charge in [-0.3, -0.25) is 4.79 Å². The van der Waals surface area contributed by atoms with Crippen LogP contribution >= 0.6 is 11.3 Å². The van der Waals surface area contributed by atoms with Crippen molar-refractivity contribution in [3.8, 4) is 0 Å². The summed E-state index contributed by atoms with van der Waals surface area (Å²) in [5, 5.41) is 10.1. The minimum atomic E-state index is -0.952. The third-order valence-electron chi connectivity index (χ3n) is 2.62. The van der Waals surface area contributed by atoms with Crippen molar-refractivity contribution in [1.82, 2.24) is 4.98 Å². The van der Waals surface area contributed by atoms with Gasteiger partial charge in [0.2, 0.25) is 0 Å². The maximum absolute atomic E-state index is 13.1. The van der Waals surface area contributed by atoms with Crippen LogP contribution in [-0.2, 0) is 11.2 Å². The van der Waals surface area contributed by atoms with Gasteiger partial charge in [-0.2, -0.15) is 0 Å². The van der Waals surface area contributed by atoms with Gasteiger partial charge in [0.25, 0.3) is 0 Å². The molecule has 1 aromatic carbocycles. The zero-order chi connectivity index (χ0) is 13.1. The Morgan fingerprint density at radius 3 is 2.89 bits per heavy atom. The molecule has 0 radical (unpaired) electrons. The molecule has 0 fully saturated rings. The number of carbonyl (C=O) groups is 1. The van der Waals surface area contributed by atoms with Crippen molar-refractivity contribution in [3.63, 3.8) is 0 Å². The second-order valence-electron chi connectivity index (χ2n) is 4.00. The van der Waals surface area contributed by atoms with Crippen LogP contribution in [0.15, 0.2) is 30.5 Å². The highest BCUT2D eigenvalue weighted by Crippen LogP contribution is 2.24. The molecule has 1 atom stereocenters. The Balaban J connectivity index is 2.26. The van der Waals surface area contributed by atoms with Gasteiger partial charge in [0, 0.05) is 17.5 Å². The van der Waals surface area contributed by atoms with Crippen LogP contribution in [0.25, 0.3) is 0 Å². The van der Waals surface area contributed by atoms with E-state index < -0.39 is 17.7 Å². The second kappa shape index (κ2) is 5.27. The van der Waals surface area contributed by atoms with E-state index in [1.54, 1.807) is 12.3 Å². The van der Waals surface area contributed by atoms with Gasteiger partial charge >= 0.3 is 5.97 Å². The molecule has 0 amide bonds. The van der Waals surface area contributed by atoms with E-state index >= 15 is 0 Å². The fraction of sp³-hybridized carbons (Fsp3) is 0.231. The van der Waals surface area contributed by atoms with Crippen LogP contribution < -0.4 is 0 Å². The number of benzene rings is 1. The molecule has 0 spiro atoms. The summed E-state index contributed by atoms with van der Waals surface area (Å²) in [4.78, 5) is 16.3. The number of hydrogen-bond donors (Lipinski definition) is 1. The van der Waals surface area contributed by atoms with Gasteiger partial charge in [-0.05, 0) is 24.6 Å². The molecule has 0 aliphatic carbocycles. The number of nitrogens with zero attached hydrogens (tertiary/aromatic N) is 1. The molecule has 1 heterocycles. The van der Waals surface area contributed by atoms with E-state index in [9.17, 15) is 14.3 Å². The Morgan fingerprint density at radius 2 is 2.33 bits per heavy atom. The Labute approximate surface area is 108 Å². The van der Waals surface area contributed by atoms with E-state index in [0.717, 1.165) is 9.88 Å². The molecule has 0 bridgehead atoms. The van der Waals surface area contributed by atoms with Crippen LogP contribution in [0.2, 0.25) is 0 Å². The van der Waals surface area contributed by atoms with E-state index in [1.807, 2.05) is 6.92 Å². The van der Waals surface area contributed by atoms with Crippen molar-refractivity contribution in [2.75, 3.05) is 0 Å². The van der Waals surface area contributed by atoms with Crippen LogP contribution in [-0.4, -0.2) is 16.1 Å². The number of aliphatic carboxylic acids is 1. The number of carboxylic acid groups (broad SMARTS) is 1. The molecular weight excluding hydrogens is 253 g/mol. The monoisotopic (exact) mass is 265 g/mol. The first-order valence-corrected chi connectivity index (χ1v) is 6.27. The molecule has 94 valence electrons. The van der Waals surface area contributed by atoms with E-state index in [-0.39, 0.29) is 0 Å². The lowest BCUT2D eigenvalue weighted by atomic mass is 9.95. The summed E-state index contributed by atoms with van der Waals surface area (Å²) >= 11 is 1.46. The van der Waals surface area contributed by atoms with Crippen LogP contribution in [0, 0.1) is 12.7 Å². The van der Waals surface area contributed by atoms with Gasteiger partial charge in [-0.1, -0.05) is 12.1 Å². The van der Waals surface area contributed by atoms with Crippen LogP contribution in [0.4, 0.5) is 4.39 Å². The molecule has 18 heavy (non-hydrogen) atoms. The van der Waals surface area contributed by atoms with Crippen molar-refractivity contribution in [1.29, 1.82) is 0 Å². The Kier molecular flexibility index (Phi) is 3.72. The third-order valence-corrected chi connectivity index (χ3v) is 3.56. The Morgan fingerprint density at radius 1 is 1.56 bits per heavy atom. The first kappa shape index (κ1) is 12.7. The molecule has 0 aliphatic rings. The maximum Gasteiger partial charge on any atom is 0.311 e. The first-order chi connectivity index (χ1) is 8.56. The summed E-state index contributed by atoms with van der Waals surface area (Å²) < 4.78 is 13.1. The summed E-state index contributed by atoms with van der Waals surface area (Å²) in [6.45, 7) is 1.87. The summed E-state index contributed by atoms with van der Waals surface area (Å²) in [5.41, 5.74) is 0.480. The second-order valence-corrected chi connectivity index (χ2v) is 5.31. The summed E-state index contributed by atoms with van der Waals surface area (Å²) in [7, 11) is 0. The highest BCUT2D eigenvalue weighted by atomic mass is 32.1. The molecule has 0 saturated heterocycles. The summed E-state index contributed by atoms with van der Waals surface area (Å²) in [5.74, 6) is -2.11. The Hall–Kier alpha value is -1.75. The van der Waals surface area contributed by atoms with Gasteiger partial charge in [-0.15, -0.1) is 11.3 Å². The minimum Gasteiger partial charge on any atom is -0.481 e. The third kappa shape index (κ3) is 2.92. The fourth-order valence-corrected chi connectivity index (χ4v) is 2.61. The van der Waals surface area contributed by atoms with Crippen LogP contribution in [0.1, 0.15) is 21.4 Å². The molecule has 1 unspecified atom stereocenters. The maximum atomic E-state index is 13.1. The molecule has 1 N–H and O–H groups in total.